The molecule has 0 spiro atoms. The van der Waals surface area contributed by atoms with Crippen molar-refractivity contribution >= 4 is 23.4 Å². The molecular formula is C24H22N2O5S. The Kier molecular flexibility index (Phi) is 5.96. The maximum atomic E-state index is 13.4. The van der Waals surface area contributed by atoms with Gasteiger partial charge in [-0.25, -0.2) is 9.79 Å². The van der Waals surface area contributed by atoms with Gasteiger partial charge in [0.25, 0.3) is 5.56 Å². The first-order valence-corrected chi connectivity index (χ1v) is 10.8. The van der Waals surface area contributed by atoms with Gasteiger partial charge in [0.15, 0.2) is 4.80 Å². The zero-order valence-electron chi connectivity index (χ0n) is 18.0. The monoisotopic (exact) mass is 450 g/mol. The van der Waals surface area contributed by atoms with Gasteiger partial charge in [0.1, 0.15) is 23.9 Å². The predicted molar refractivity (Wildman–Crippen MR) is 121 cm³/mol. The summed E-state index contributed by atoms with van der Waals surface area (Å²) in [6.45, 7) is 7.24. The molecule has 164 valence electrons. The van der Waals surface area contributed by atoms with Gasteiger partial charge in [-0.15, -0.1) is 0 Å². The van der Waals surface area contributed by atoms with E-state index in [0.717, 1.165) is 11.3 Å². The number of methoxy groups -OCH3 is 1. The van der Waals surface area contributed by atoms with E-state index in [1.54, 1.807) is 38.3 Å². The van der Waals surface area contributed by atoms with Gasteiger partial charge in [0.05, 0.1) is 29.0 Å². The third kappa shape index (κ3) is 3.97. The van der Waals surface area contributed by atoms with Crippen molar-refractivity contribution in [2.45, 2.75) is 19.9 Å². The molecule has 0 unspecified atom stereocenters. The van der Waals surface area contributed by atoms with Crippen molar-refractivity contribution in [3.63, 3.8) is 0 Å². The van der Waals surface area contributed by atoms with E-state index in [0.29, 0.717) is 32.1 Å². The van der Waals surface area contributed by atoms with Crippen LogP contribution in [0.25, 0.3) is 6.08 Å². The fourth-order valence-electron chi connectivity index (χ4n) is 3.56. The van der Waals surface area contributed by atoms with Crippen LogP contribution in [-0.2, 0) is 9.53 Å². The van der Waals surface area contributed by atoms with E-state index in [-0.39, 0.29) is 12.2 Å². The molecule has 0 radical (unpaired) electrons. The average Bonchev–Trinajstić information content (AvgIpc) is 3.33. The summed E-state index contributed by atoms with van der Waals surface area (Å²) in [6, 6.07) is 10.2. The number of ether oxygens (including phenoxy) is 2. The normalized spacial score (nSPS) is 15.8. The summed E-state index contributed by atoms with van der Waals surface area (Å²) in [6.07, 6.45) is 3.19. The lowest BCUT2D eigenvalue weighted by molar-refractivity contribution is -0.138. The molecular weight excluding hydrogens is 428 g/mol. The van der Waals surface area contributed by atoms with Crippen molar-refractivity contribution in [2.75, 3.05) is 13.7 Å². The van der Waals surface area contributed by atoms with E-state index in [9.17, 15) is 9.59 Å². The minimum absolute atomic E-state index is 0.0627. The van der Waals surface area contributed by atoms with E-state index in [1.807, 2.05) is 25.1 Å². The predicted octanol–water partition coefficient (Wildman–Crippen LogP) is 2.87. The fourth-order valence-corrected chi connectivity index (χ4v) is 4.58. The van der Waals surface area contributed by atoms with Crippen LogP contribution in [0.15, 0.2) is 74.5 Å². The van der Waals surface area contributed by atoms with Crippen LogP contribution in [0.5, 0.6) is 5.75 Å². The van der Waals surface area contributed by atoms with Crippen LogP contribution < -0.4 is 19.6 Å². The lowest BCUT2D eigenvalue weighted by atomic mass is 9.96. The molecule has 1 aromatic carbocycles. The van der Waals surface area contributed by atoms with E-state index >= 15 is 0 Å². The van der Waals surface area contributed by atoms with Gasteiger partial charge in [-0.2, -0.15) is 0 Å². The standard InChI is InChI=1S/C24H22N2O5S/c1-5-12-30-23(28)20-15(3)25-24-26(21(20)16-7-10-17(29-4)11-8-16)22(27)19(32-24)13-18-9-6-14(2)31-18/h5-11,13,21H,1,12H2,2-4H3/b19-13-/t21-/m1/s1. The Hall–Kier alpha value is -3.65. The Morgan fingerprint density at radius 2 is 2.00 bits per heavy atom. The number of thiazole rings is 1. The minimum Gasteiger partial charge on any atom is -0.497 e. The minimum atomic E-state index is -0.685. The topological polar surface area (TPSA) is 83.0 Å². The molecule has 0 N–H and O–H groups in total. The van der Waals surface area contributed by atoms with Gasteiger partial charge < -0.3 is 13.9 Å². The molecule has 4 rings (SSSR count). The van der Waals surface area contributed by atoms with Crippen molar-refractivity contribution in [1.82, 2.24) is 4.57 Å². The van der Waals surface area contributed by atoms with Gasteiger partial charge in [-0.05, 0) is 43.7 Å². The number of esters is 1. The van der Waals surface area contributed by atoms with E-state index in [1.165, 1.54) is 22.0 Å². The molecule has 1 atom stereocenters. The molecule has 3 aromatic rings. The van der Waals surface area contributed by atoms with Crippen molar-refractivity contribution < 1.29 is 18.7 Å². The van der Waals surface area contributed by atoms with Gasteiger partial charge in [0.2, 0.25) is 0 Å². The Balaban J connectivity index is 1.92. The Morgan fingerprint density at radius 3 is 2.62 bits per heavy atom. The second kappa shape index (κ2) is 8.84. The molecule has 8 heteroatoms. The number of hydrogen-bond donors (Lipinski definition) is 0. The molecule has 3 heterocycles. The second-order valence-corrected chi connectivity index (χ2v) is 8.20. The first-order chi connectivity index (χ1) is 15.4. The molecule has 0 saturated carbocycles. The number of hydrogen-bond acceptors (Lipinski definition) is 7. The summed E-state index contributed by atoms with van der Waals surface area (Å²) in [4.78, 5) is 31.5. The van der Waals surface area contributed by atoms with Crippen molar-refractivity contribution in [2.24, 2.45) is 4.99 Å². The summed E-state index contributed by atoms with van der Waals surface area (Å²) in [5, 5.41) is 0. The highest BCUT2D eigenvalue weighted by atomic mass is 32.1. The second-order valence-electron chi connectivity index (χ2n) is 7.19. The molecule has 2 aromatic heterocycles. The van der Waals surface area contributed by atoms with Crippen LogP contribution in [0.2, 0.25) is 0 Å². The first kappa shape index (κ1) is 21.6. The van der Waals surface area contributed by atoms with Crippen molar-refractivity contribution in [3.05, 3.63) is 97.1 Å². The van der Waals surface area contributed by atoms with E-state index in [2.05, 4.69) is 11.6 Å². The van der Waals surface area contributed by atoms with Gasteiger partial charge in [-0.3, -0.25) is 9.36 Å². The maximum Gasteiger partial charge on any atom is 0.338 e. The number of furan rings is 1. The number of benzene rings is 1. The smallest absolute Gasteiger partial charge is 0.338 e. The Labute approximate surface area is 188 Å². The van der Waals surface area contributed by atoms with Crippen LogP contribution in [0.4, 0.5) is 0 Å². The Bertz CT molecular complexity index is 1390. The van der Waals surface area contributed by atoms with Crippen LogP contribution in [0, 0.1) is 6.92 Å². The van der Waals surface area contributed by atoms with Crippen LogP contribution in [0.1, 0.15) is 30.0 Å². The number of carbonyl (C=O) groups excluding carboxylic acids is 1. The lowest BCUT2D eigenvalue weighted by Gasteiger charge is -2.24. The van der Waals surface area contributed by atoms with Gasteiger partial charge in [0, 0.05) is 6.08 Å². The molecule has 32 heavy (non-hydrogen) atoms. The third-order valence-electron chi connectivity index (χ3n) is 5.04. The number of aryl methyl sites for hydroxylation is 1. The molecule has 1 aliphatic heterocycles. The molecule has 0 aliphatic carbocycles. The van der Waals surface area contributed by atoms with Crippen molar-refractivity contribution in [1.29, 1.82) is 0 Å². The van der Waals surface area contributed by atoms with E-state index < -0.39 is 12.0 Å². The highest BCUT2D eigenvalue weighted by Crippen LogP contribution is 2.31. The number of aromatic nitrogens is 1. The fraction of sp³-hybridized carbons (Fsp3) is 0.208. The molecule has 0 fully saturated rings. The number of carbonyl (C=O) groups is 1. The molecule has 1 aliphatic rings. The maximum absolute atomic E-state index is 13.4. The molecule has 0 bridgehead atoms. The summed E-state index contributed by atoms with van der Waals surface area (Å²) < 4.78 is 18.2. The van der Waals surface area contributed by atoms with Gasteiger partial charge in [-0.1, -0.05) is 36.1 Å². The number of allylic oxidation sites excluding steroid dienone is 1. The summed E-state index contributed by atoms with van der Waals surface area (Å²) in [5.41, 5.74) is 1.30. The SMILES string of the molecule is C=CCOC(=O)C1=C(C)N=c2s/c(=C\c3ccc(C)o3)c(=O)n2[C@@H]1c1ccc(OC)cc1. The highest BCUT2D eigenvalue weighted by molar-refractivity contribution is 7.07. The number of rotatable bonds is 6. The van der Waals surface area contributed by atoms with Crippen LogP contribution >= 0.6 is 11.3 Å². The summed E-state index contributed by atoms with van der Waals surface area (Å²) in [5.74, 6) is 1.46. The van der Waals surface area contributed by atoms with E-state index in [4.69, 9.17) is 13.9 Å². The summed E-state index contributed by atoms with van der Waals surface area (Å²) in [7, 11) is 1.58. The quantitative estimate of drug-likeness (QED) is 0.426. The zero-order valence-corrected chi connectivity index (χ0v) is 18.8. The van der Waals surface area contributed by atoms with Crippen LogP contribution in [0.3, 0.4) is 0 Å². The molecule has 0 amide bonds. The van der Waals surface area contributed by atoms with Crippen LogP contribution in [-0.4, -0.2) is 24.3 Å². The molecule has 0 saturated heterocycles. The number of nitrogens with zero attached hydrogens (tertiary/aromatic N) is 2. The highest BCUT2D eigenvalue weighted by Gasteiger charge is 2.33. The number of fused-ring (bicyclic) bond motifs is 1. The average molecular weight is 451 g/mol. The third-order valence-corrected chi connectivity index (χ3v) is 6.02. The summed E-state index contributed by atoms with van der Waals surface area (Å²) >= 11 is 1.25. The lowest BCUT2D eigenvalue weighted by Crippen LogP contribution is -2.39. The molecule has 7 nitrogen and oxygen atoms in total. The largest absolute Gasteiger partial charge is 0.497 e. The zero-order chi connectivity index (χ0) is 22.8. The van der Waals surface area contributed by atoms with Crippen molar-refractivity contribution in [3.8, 4) is 5.75 Å². The first-order valence-electron chi connectivity index (χ1n) is 9.94. The van der Waals surface area contributed by atoms with Gasteiger partial charge >= 0.3 is 5.97 Å². The Morgan fingerprint density at radius 1 is 1.25 bits per heavy atom.